The number of carbonyl (C=O) groups excluding carboxylic acids is 1. The number of carboxylic acid groups (broad SMARTS) is 1. The monoisotopic (exact) mass is 282 g/mol. The normalized spacial score (nSPS) is 11.5. The molecule has 0 radical (unpaired) electrons. The Labute approximate surface area is 116 Å². The van der Waals surface area contributed by atoms with Gasteiger partial charge in [-0.3, -0.25) is 0 Å². The highest BCUT2D eigenvalue weighted by atomic mass is 16.5. The minimum Gasteiger partial charge on any atom is -0.492 e. The van der Waals surface area contributed by atoms with Gasteiger partial charge in [0, 0.05) is 0 Å². The van der Waals surface area contributed by atoms with Crippen molar-refractivity contribution in [2.45, 2.75) is 13.0 Å². The minimum absolute atomic E-state index is 0.220. The molecule has 0 saturated carbocycles. The van der Waals surface area contributed by atoms with Crippen LogP contribution < -0.4 is 15.4 Å². The predicted molar refractivity (Wildman–Crippen MR) is 71.7 cm³/mol. The molecule has 0 unspecified atom stereocenters. The molecule has 0 aliphatic carbocycles. The number of carboxylic acids is 1. The van der Waals surface area contributed by atoms with E-state index in [1.165, 1.54) is 0 Å². The molecule has 0 bridgehead atoms. The van der Waals surface area contributed by atoms with E-state index in [9.17, 15) is 9.59 Å². The smallest absolute Gasteiger partial charge is 0.328 e. The van der Waals surface area contributed by atoms with E-state index in [2.05, 4.69) is 10.6 Å². The summed E-state index contributed by atoms with van der Waals surface area (Å²) in [6.45, 7) is 1.76. The van der Waals surface area contributed by atoms with Gasteiger partial charge in [-0.15, -0.1) is 0 Å². The highest BCUT2D eigenvalue weighted by Crippen LogP contribution is 2.11. The summed E-state index contributed by atoms with van der Waals surface area (Å²) in [5.41, 5.74) is 1.07. The largest absolute Gasteiger partial charge is 0.492 e. The second-order valence-corrected chi connectivity index (χ2v) is 4.14. The Morgan fingerprint density at radius 2 is 2.15 bits per heavy atom. The van der Waals surface area contributed by atoms with Crippen molar-refractivity contribution in [3.63, 3.8) is 0 Å². The van der Waals surface area contributed by atoms with Crippen molar-refractivity contribution in [2.24, 2.45) is 0 Å². The molecule has 1 aromatic rings. The van der Waals surface area contributed by atoms with E-state index in [0.717, 1.165) is 5.56 Å². The maximum Gasteiger partial charge on any atom is 0.328 e. The SMILES string of the molecule is Cc1cccc(OCCNC(=O)N[C@@H](CO)C(=O)O)c1. The van der Waals surface area contributed by atoms with Gasteiger partial charge in [0.1, 0.15) is 12.4 Å². The summed E-state index contributed by atoms with van der Waals surface area (Å²) in [4.78, 5) is 21.9. The average Bonchev–Trinajstić information content (AvgIpc) is 2.40. The molecular formula is C13H18N2O5. The Kier molecular flexibility index (Phi) is 6.31. The number of aryl methyl sites for hydroxylation is 1. The van der Waals surface area contributed by atoms with E-state index in [-0.39, 0.29) is 13.2 Å². The fraction of sp³-hybridized carbons (Fsp3) is 0.385. The number of nitrogens with one attached hydrogen (secondary N) is 2. The van der Waals surface area contributed by atoms with Gasteiger partial charge in [-0.05, 0) is 24.6 Å². The standard InChI is InChI=1S/C13H18N2O5/c1-9-3-2-4-10(7-9)20-6-5-14-13(19)15-11(8-16)12(17)18/h2-4,7,11,16H,5-6,8H2,1H3,(H,17,18)(H2,14,15,19)/t11-/m0/s1. The van der Waals surface area contributed by atoms with E-state index in [1.54, 1.807) is 6.07 Å². The van der Waals surface area contributed by atoms with Crippen LogP contribution in [0.1, 0.15) is 5.56 Å². The number of hydrogen-bond donors (Lipinski definition) is 4. The Hall–Kier alpha value is -2.28. The molecule has 2 amide bonds. The first-order valence-electron chi connectivity index (χ1n) is 6.10. The molecule has 1 aromatic carbocycles. The third kappa shape index (κ3) is 5.57. The van der Waals surface area contributed by atoms with Gasteiger partial charge in [0.25, 0.3) is 0 Å². The van der Waals surface area contributed by atoms with Gasteiger partial charge in [0.05, 0.1) is 13.2 Å². The van der Waals surface area contributed by atoms with Crippen LogP contribution in [0.5, 0.6) is 5.75 Å². The van der Waals surface area contributed by atoms with Crippen LogP contribution in [-0.2, 0) is 4.79 Å². The van der Waals surface area contributed by atoms with Crippen molar-refractivity contribution in [3.8, 4) is 5.75 Å². The third-order valence-electron chi connectivity index (χ3n) is 2.43. The highest BCUT2D eigenvalue weighted by molar-refractivity contribution is 5.82. The highest BCUT2D eigenvalue weighted by Gasteiger charge is 2.17. The first kappa shape index (κ1) is 15.8. The minimum atomic E-state index is -1.31. The van der Waals surface area contributed by atoms with Crippen molar-refractivity contribution in [1.29, 1.82) is 0 Å². The molecule has 7 nitrogen and oxygen atoms in total. The van der Waals surface area contributed by atoms with Gasteiger partial charge in [-0.1, -0.05) is 12.1 Å². The molecule has 0 heterocycles. The molecule has 0 fully saturated rings. The average molecular weight is 282 g/mol. The lowest BCUT2D eigenvalue weighted by Crippen LogP contribution is -2.48. The van der Waals surface area contributed by atoms with Crippen molar-refractivity contribution in [2.75, 3.05) is 19.8 Å². The Bertz CT molecular complexity index is 464. The van der Waals surface area contributed by atoms with Gasteiger partial charge in [-0.2, -0.15) is 0 Å². The Morgan fingerprint density at radius 1 is 1.40 bits per heavy atom. The predicted octanol–water partition coefficient (Wildman–Crippen LogP) is 0.119. The third-order valence-corrected chi connectivity index (χ3v) is 2.43. The van der Waals surface area contributed by atoms with Crippen molar-refractivity contribution < 1.29 is 24.5 Å². The zero-order valence-electron chi connectivity index (χ0n) is 11.1. The van der Waals surface area contributed by atoms with Crippen LogP contribution in [0.25, 0.3) is 0 Å². The van der Waals surface area contributed by atoms with E-state index >= 15 is 0 Å². The zero-order chi connectivity index (χ0) is 15.0. The van der Waals surface area contributed by atoms with E-state index < -0.39 is 24.6 Å². The van der Waals surface area contributed by atoms with E-state index in [0.29, 0.717) is 5.75 Å². The first-order valence-corrected chi connectivity index (χ1v) is 6.10. The van der Waals surface area contributed by atoms with Gasteiger partial charge in [-0.25, -0.2) is 9.59 Å². The summed E-state index contributed by atoms with van der Waals surface area (Å²) < 4.78 is 5.41. The molecule has 0 spiro atoms. The van der Waals surface area contributed by atoms with Crippen LogP contribution in [0.4, 0.5) is 4.79 Å². The molecule has 4 N–H and O–H groups in total. The molecule has 0 saturated heterocycles. The maximum absolute atomic E-state index is 11.3. The first-order chi connectivity index (χ1) is 9.52. The van der Waals surface area contributed by atoms with E-state index in [4.69, 9.17) is 14.9 Å². The molecular weight excluding hydrogens is 264 g/mol. The van der Waals surface area contributed by atoms with E-state index in [1.807, 2.05) is 25.1 Å². The van der Waals surface area contributed by atoms with Crippen LogP contribution in [-0.4, -0.2) is 48.0 Å². The van der Waals surface area contributed by atoms with Gasteiger partial charge < -0.3 is 25.6 Å². The number of rotatable bonds is 7. The summed E-state index contributed by atoms with van der Waals surface area (Å²) in [6, 6.07) is 5.50. The van der Waals surface area contributed by atoms with Gasteiger partial charge in [0.2, 0.25) is 0 Å². The topological polar surface area (TPSA) is 108 Å². The lowest BCUT2D eigenvalue weighted by Gasteiger charge is -2.13. The summed E-state index contributed by atoms with van der Waals surface area (Å²) in [6.07, 6.45) is 0. The van der Waals surface area contributed by atoms with Crippen LogP contribution in [0, 0.1) is 6.92 Å². The molecule has 0 aliphatic heterocycles. The fourth-order valence-corrected chi connectivity index (χ4v) is 1.43. The van der Waals surface area contributed by atoms with Crippen LogP contribution in [0.15, 0.2) is 24.3 Å². The number of amides is 2. The number of urea groups is 1. The quantitative estimate of drug-likeness (QED) is 0.531. The van der Waals surface area contributed by atoms with Gasteiger partial charge in [0.15, 0.2) is 6.04 Å². The summed E-state index contributed by atoms with van der Waals surface area (Å²) in [5.74, 6) is -0.593. The number of aliphatic hydroxyl groups excluding tert-OH is 1. The van der Waals surface area contributed by atoms with Crippen molar-refractivity contribution in [1.82, 2.24) is 10.6 Å². The lowest BCUT2D eigenvalue weighted by atomic mass is 10.2. The number of aliphatic carboxylic acids is 1. The number of carbonyl (C=O) groups is 2. The molecule has 7 heteroatoms. The second kappa shape index (κ2) is 8.00. The summed E-state index contributed by atoms with van der Waals surface area (Å²) in [7, 11) is 0. The second-order valence-electron chi connectivity index (χ2n) is 4.14. The Balaban J connectivity index is 2.24. The van der Waals surface area contributed by atoms with Crippen molar-refractivity contribution in [3.05, 3.63) is 29.8 Å². The number of ether oxygens (including phenoxy) is 1. The van der Waals surface area contributed by atoms with Crippen LogP contribution in [0.3, 0.4) is 0 Å². The summed E-state index contributed by atoms with van der Waals surface area (Å²) >= 11 is 0. The summed E-state index contributed by atoms with van der Waals surface area (Å²) in [5, 5.41) is 21.9. The number of hydrogen-bond acceptors (Lipinski definition) is 4. The van der Waals surface area contributed by atoms with Gasteiger partial charge >= 0.3 is 12.0 Å². The molecule has 0 aromatic heterocycles. The lowest BCUT2D eigenvalue weighted by molar-refractivity contribution is -0.140. The molecule has 1 atom stereocenters. The Morgan fingerprint density at radius 3 is 2.75 bits per heavy atom. The van der Waals surface area contributed by atoms with Crippen LogP contribution >= 0.6 is 0 Å². The fourth-order valence-electron chi connectivity index (χ4n) is 1.43. The molecule has 110 valence electrons. The molecule has 20 heavy (non-hydrogen) atoms. The van der Waals surface area contributed by atoms with Crippen LogP contribution in [0.2, 0.25) is 0 Å². The molecule has 0 aliphatic rings. The maximum atomic E-state index is 11.3. The zero-order valence-corrected chi connectivity index (χ0v) is 11.1. The molecule has 1 rings (SSSR count). The number of benzene rings is 1. The number of aliphatic hydroxyl groups is 1. The van der Waals surface area contributed by atoms with Crippen molar-refractivity contribution >= 4 is 12.0 Å².